The average molecular weight is 415 g/mol. The molecule has 2 aliphatic rings. The molecule has 0 bridgehead atoms. The lowest BCUT2D eigenvalue weighted by Crippen LogP contribution is -2.32. The zero-order valence-corrected chi connectivity index (χ0v) is 16.8. The van der Waals surface area contributed by atoms with Gasteiger partial charge in [0.05, 0.1) is 11.0 Å². The molecular weight excluding hydrogens is 397 g/mol. The molecule has 0 fully saturated rings. The Morgan fingerprint density at radius 1 is 1.03 bits per heavy atom. The zero-order chi connectivity index (χ0) is 20.2. The van der Waals surface area contributed by atoms with Crippen LogP contribution >= 0.6 is 11.3 Å². The number of anilines is 1. The number of rotatable bonds is 2. The lowest BCUT2D eigenvalue weighted by atomic mass is 9.78. The largest absolute Gasteiger partial charge is 0.329 e. The number of fused-ring (bicyclic) bond motifs is 3. The fourth-order valence-electron chi connectivity index (χ4n) is 4.71. The first-order chi connectivity index (χ1) is 14.7. The zero-order valence-electron chi connectivity index (χ0n) is 16.0. The van der Waals surface area contributed by atoms with Crippen LogP contribution in [0.5, 0.6) is 0 Å². The standard InChI is InChI=1S/C24H18FN3OS/c25-16-9-7-14(8-10-16)15-12-18-22(20(29)13-15)23(21-6-3-11-30-21)28-19-5-2-1-4-17(19)26-24(28)27-18/h1-11,15,23H,12-13H2,(H,26,27)/t15-,23+/m1/s1. The number of halogens is 1. The summed E-state index contributed by atoms with van der Waals surface area (Å²) in [5.41, 5.74) is 4.67. The van der Waals surface area contributed by atoms with E-state index in [4.69, 9.17) is 4.98 Å². The molecule has 1 N–H and O–H groups in total. The van der Waals surface area contributed by atoms with Crippen molar-refractivity contribution < 1.29 is 9.18 Å². The highest BCUT2D eigenvalue weighted by Gasteiger charge is 2.39. The minimum atomic E-state index is -0.261. The van der Waals surface area contributed by atoms with Crippen LogP contribution < -0.4 is 5.32 Å². The SMILES string of the molecule is O=C1C[C@H](c2ccc(F)cc2)CC2=C1[C@H](c1cccs1)n1c(nc3ccccc31)N2. The van der Waals surface area contributed by atoms with Crippen LogP contribution in [0.25, 0.3) is 11.0 Å². The molecule has 30 heavy (non-hydrogen) atoms. The normalized spacial score (nSPS) is 20.8. The minimum absolute atomic E-state index is 0.0317. The molecular formula is C24H18FN3OS. The van der Waals surface area contributed by atoms with E-state index in [1.54, 1.807) is 23.5 Å². The van der Waals surface area contributed by atoms with Gasteiger partial charge in [0.1, 0.15) is 11.9 Å². The Morgan fingerprint density at radius 2 is 1.87 bits per heavy atom. The van der Waals surface area contributed by atoms with Crippen molar-refractivity contribution in [1.82, 2.24) is 9.55 Å². The van der Waals surface area contributed by atoms with Gasteiger partial charge in [-0.05, 0) is 53.6 Å². The maximum absolute atomic E-state index is 13.5. The van der Waals surface area contributed by atoms with Gasteiger partial charge < -0.3 is 5.32 Å². The first-order valence-corrected chi connectivity index (χ1v) is 10.9. The summed E-state index contributed by atoms with van der Waals surface area (Å²) in [5.74, 6) is 0.674. The van der Waals surface area contributed by atoms with Gasteiger partial charge in [0, 0.05) is 22.6 Å². The summed E-state index contributed by atoms with van der Waals surface area (Å²) >= 11 is 1.66. The number of carbonyl (C=O) groups is 1. The van der Waals surface area contributed by atoms with Crippen LogP contribution in [0.2, 0.25) is 0 Å². The second-order valence-electron chi connectivity index (χ2n) is 7.81. The number of benzene rings is 2. The molecule has 2 atom stereocenters. The van der Waals surface area contributed by atoms with Crippen molar-refractivity contribution >= 4 is 34.1 Å². The van der Waals surface area contributed by atoms with Crippen molar-refractivity contribution in [2.75, 3.05) is 5.32 Å². The van der Waals surface area contributed by atoms with E-state index < -0.39 is 0 Å². The summed E-state index contributed by atoms with van der Waals surface area (Å²) in [6.07, 6.45) is 1.13. The van der Waals surface area contributed by atoms with Gasteiger partial charge in [0.25, 0.3) is 0 Å². The number of nitrogens with one attached hydrogen (secondary N) is 1. The topological polar surface area (TPSA) is 46.9 Å². The number of imidazole rings is 1. The summed E-state index contributed by atoms with van der Waals surface area (Å²) in [7, 11) is 0. The highest BCUT2D eigenvalue weighted by Crippen LogP contribution is 2.46. The van der Waals surface area contributed by atoms with E-state index in [0.29, 0.717) is 12.8 Å². The molecule has 1 aliphatic heterocycles. The van der Waals surface area contributed by atoms with E-state index in [0.717, 1.165) is 38.7 Å². The van der Waals surface area contributed by atoms with Crippen LogP contribution in [-0.2, 0) is 4.79 Å². The van der Waals surface area contributed by atoms with Crippen LogP contribution in [0.4, 0.5) is 10.3 Å². The number of para-hydroxylation sites is 2. The molecule has 2 aromatic carbocycles. The Bertz CT molecular complexity index is 1300. The van der Waals surface area contributed by atoms with Crippen molar-refractivity contribution in [3.63, 3.8) is 0 Å². The molecule has 0 unspecified atom stereocenters. The Balaban J connectivity index is 1.50. The molecule has 148 valence electrons. The molecule has 3 heterocycles. The van der Waals surface area contributed by atoms with Gasteiger partial charge in [0.2, 0.25) is 5.95 Å². The molecule has 4 nitrogen and oxygen atoms in total. The van der Waals surface area contributed by atoms with Gasteiger partial charge in [-0.15, -0.1) is 11.3 Å². The maximum atomic E-state index is 13.5. The predicted molar refractivity (Wildman–Crippen MR) is 116 cm³/mol. The second kappa shape index (κ2) is 6.64. The first kappa shape index (κ1) is 17.6. The third-order valence-electron chi connectivity index (χ3n) is 6.05. The van der Waals surface area contributed by atoms with E-state index in [-0.39, 0.29) is 23.6 Å². The van der Waals surface area contributed by atoms with Crippen LogP contribution in [0, 0.1) is 5.82 Å². The highest BCUT2D eigenvalue weighted by atomic mass is 32.1. The van der Waals surface area contributed by atoms with E-state index in [9.17, 15) is 9.18 Å². The number of aromatic nitrogens is 2. The highest BCUT2D eigenvalue weighted by molar-refractivity contribution is 7.10. The van der Waals surface area contributed by atoms with Crippen LogP contribution in [0.15, 0.2) is 77.3 Å². The lowest BCUT2D eigenvalue weighted by molar-refractivity contribution is -0.116. The number of carbonyl (C=O) groups excluding carboxylic acids is 1. The number of allylic oxidation sites excluding steroid dienone is 2. The summed E-state index contributed by atoms with van der Waals surface area (Å²) < 4.78 is 15.5. The van der Waals surface area contributed by atoms with Crippen molar-refractivity contribution in [3.05, 3.63) is 93.6 Å². The number of thiophene rings is 1. The fraction of sp³-hybridized carbons (Fsp3) is 0.167. The monoisotopic (exact) mass is 415 g/mol. The maximum Gasteiger partial charge on any atom is 0.209 e. The molecule has 6 rings (SSSR count). The number of Topliss-reactive ketones (excluding diaryl/α,β-unsaturated/α-hetero) is 1. The number of nitrogens with zero attached hydrogens (tertiary/aromatic N) is 2. The van der Waals surface area contributed by atoms with Crippen molar-refractivity contribution in [2.45, 2.75) is 24.8 Å². The van der Waals surface area contributed by atoms with Gasteiger partial charge in [0.15, 0.2) is 5.78 Å². The van der Waals surface area contributed by atoms with E-state index in [2.05, 4.69) is 16.0 Å². The van der Waals surface area contributed by atoms with Crippen molar-refractivity contribution in [1.29, 1.82) is 0 Å². The number of ketones is 1. The Morgan fingerprint density at radius 3 is 2.67 bits per heavy atom. The fourth-order valence-corrected chi connectivity index (χ4v) is 5.54. The van der Waals surface area contributed by atoms with Crippen molar-refractivity contribution in [2.24, 2.45) is 0 Å². The van der Waals surface area contributed by atoms with Gasteiger partial charge in [-0.1, -0.05) is 30.3 Å². The van der Waals surface area contributed by atoms with Gasteiger partial charge >= 0.3 is 0 Å². The molecule has 6 heteroatoms. The average Bonchev–Trinajstić information content (AvgIpc) is 3.40. The third kappa shape index (κ3) is 2.64. The van der Waals surface area contributed by atoms with Crippen LogP contribution in [0.1, 0.15) is 35.2 Å². The Labute approximate surface area is 176 Å². The molecule has 0 amide bonds. The first-order valence-electron chi connectivity index (χ1n) is 9.98. The quantitative estimate of drug-likeness (QED) is 0.460. The Hall–Kier alpha value is -3.25. The minimum Gasteiger partial charge on any atom is -0.329 e. The molecule has 0 saturated carbocycles. The summed E-state index contributed by atoms with van der Waals surface area (Å²) in [6.45, 7) is 0. The molecule has 1 aliphatic carbocycles. The molecule has 2 aromatic heterocycles. The number of hydrogen-bond donors (Lipinski definition) is 1. The third-order valence-corrected chi connectivity index (χ3v) is 6.98. The van der Waals surface area contributed by atoms with E-state index >= 15 is 0 Å². The molecule has 0 radical (unpaired) electrons. The summed E-state index contributed by atoms with van der Waals surface area (Å²) in [4.78, 5) is 19.4. The molecule has 0 spiro atoms. The predicted octanol–water partition coefficient (Wildman–Crippen LogP) is 5.65. The van der Waals surface area contributed by atoms with E-state index in [1.165, 1.54) is 12.1 Å². The van der Waals surface area contributed by atoms with Crippen LogP contribution in [-0.4, -0.2) is 15.3 Å². The van der Waals surface area contributed by atoms with Gasteiger partial charge in [-0.2, -0.15) is 0 Å². The van der Waals surface area contributed by atoms with Crippen molar-refractivity contribution in [3.8, 4) is 0 Å². The lowest BCUT2D eigenvalue weighted by Gasteiger charge is -2.35. The van der Waals surface area contributed by atoms with Gasteiger partial charge in [-0.3, -0.25) is 9.36 Å². The number of hydrogen-bond acceptors (Lipinski definition) is 4. The van der Waals surface area contributed by atoms with Crippen LogP contribution in [0.3, 0.4) is 0 Å². The summed E-state index contributed by atoms with van der Waals surface area (Å²) in [5, 5.41) is 5.51. The van der Waals surface area contributed by atoms with Gasteiger partial charge in [-0.25, -0.2) is 9.37 Å². The van der Waals surface area contributed by atoms with E-state index in [1.807, 2.05) is 35.7 Å². The second-order valence-corrected chi connectivity index (χ2v) is 8.79. The summed E-state index contributed by atoms with van der Waals surface area (Å²) in [6, 6.07) is 18.5. The molecule has 4 aromatic rings. The molecule has 0 saturated heterocycles. The smallest absolute Gasteiger partial charge is 0.209 e. The Kier molecular flexibility index (Phi) is 3.89.